The Kier molecular flexibility index (Phi) is 7.57. The van der Waals surface area contributed by atoms with E-state index in [0.29, 0.717) is 31.0 Å². The van der Waals surface area contributed by atoms with Crippen LogP contribution >= 0.6 is 0 Å². The van der Waals surface area contributed by atoms with Crippen LogP contribution in [0, 0.1) is 6.92 Å². The number of rotatable bonds is 8. The van der Waals surface area contributed by atoms with Crippen molar-refractivity contribution in [3.63, 3.8) is 0 Å². The van der Waals surface area contributed by atoms with Crippen molar-refractivity contribution in [3.8, 4) is 0 Å². The van der Waals surface area contributed by atoms with Gasteiger partial charge in [0, 0.05) is 30.7 Å². The Hall–Kier alpha value is -3.16. The minimum Gasteiger partial charge on any atom is -0.381 e. The molecule has 0 atom stereocenters. The van der Waals surface area contributed by atoms with E-state index in [4.69, 9.17) is 4.74 Å². The van der Waals surface area contributed by atoms with Crippen LogP contribution in [0.15, 0.2) is 78.9 Å². The molecule has 1 heterocycles. The van der Waals surface area contributed by atoms with Crippen molar-refractivity contribution in [3.05, 3.63) is 101 Å². The van der Waals surface area contributed by atoms with Gasteiger partial charge >= 0.3 is 0 Å². The number of amides is 1. The van der Waals surface area contributed by atoms with E-state index in [9.17, 15) is 13.2 Å². The van der Waals surface area contributed by atoms with Crippen molar-refractivity contribution in [2.75, 3.05) is 30.3 Å². The molecule has 0 radical (unpaired) electrons. The standard InChI is InChI=1S/C28H32N2O4S/c1-22-8-6-7-9-24(22)20-30(35(2,32)33)26-14-12-23(13-15-26)27(31)29-21-28(16-18-34-19-17-28)25-10-4-3-5-11-25/h3-15H,16-21H2,1-2H3,(H,29,31). The molecule has 3 aromatic rings. The first-order valence-electron chi connectivity index (χ1n) is 11.8. The molecular weight excluding hydrogens is 460 g/mol. The molecule has 1 amide bonds. The fourth-order valence-electron chi connectivity index (χ4n) is 4.59. The van der Waals surface area contributed by atoms with E-state index in [2.05, 4.69) is 17.4 Å². The maximum Gasteiger partial charge on any atom is 0.251 e. The number of hydrogen-bond acceptors (Lipinski definition) is 4. The quantitative estimate of drug-likeness (QED) is 0.505. The van der Waals surface area contributed by atoms with E-state index < -0.39 is 10.0 Å². The van der Waals surface area contributed by atoms with E-state index >= 15 is 0 Å². The number of carbonyl (C=O) groups excluding carboxylic acids is 1. The van der Waals surface area contributed by atoms with Gasteiger partial charge in [0.2, 0.25) is 10.0 Å². The van der Waals surface area contributed by atoms with Crippen LogP contribution in [0.4, 0.5) is 5.69 Å². The number of hydrogen-bond donors (Lipinski definition) is 1. The lowest BCUT2D eigenvalue weighted by Gasteiger charge is -2.38. The molecule has 0 unspecified atom stereocenters. The van der Waals surface area contributed by atoms with Crippen LogP contribution in [0.2, 0.25) is 0 Å². The molecule has 6 nitrogen and oxygen atoms in total. The molecule has 0 spiro atoms. The molecule has 7 heteroatoms. The maximum atomic E-state index is 13.0. The minimum atomic E-state index is -3.51. The third-order valence-electron chi connectivity index (χ3n) is 6.82. The summed E-state index contributed by atoms with van der Waals surface area (Å²) in [6.07, 6.45) is 2.89. The van der Waals surface area contributed by atoms with Gasteiger partial charge in [0.1, 0.15) is 0 Å². The van der Waals surface area contributed by atoms with Crippen molar-refractivity contribution in [2.24, 2.45) is 0 Å². The predicted octanol–water partition coefficient (Wildman–Crippen LogP) is 4.44. The van der Waals surface area contributed by atoms with Gasteiger partial charge in [-0.3, -0.25) is 9.10 Å². The fraction of sp³-hybridized carbons (Fsp3) is 0.321. The van der Waals surface area contributed by atoms with Gasteiger partial charge in [0.25, 0.3) is 5.91 Å². The Morgan fingerprint density at radius 2 is 1.57 bits per heavy atom. The lowest BCUT2D eigenvalue weighted by Crippen LogP contribution is -2.44. The molecule has 0 saturated carbocycles. The molecule has 1 N–H and O–H groups in total. The van der Waals surface area contributed by atoms with Crippen LogP contribution < -0.4 is 9.62 Å². The highest BCUT2D eigenvalue weighted by atomic mass is 32.2. The Morgan fingerprint density at radius 1 is 0.943 bits per heavy atom. The summed E-state index contributed by atoms with van der Waals surface area (Å²) in [7, 11) is -3.51. The molecule has 1 aliphatic rings. The number of nitrogens with one attached hydrogen (secondary N) is 1. The number of anilines is 1. The third-order valence-corrected chi connectivity index (χ3v) is 7.96. The molecule has 0 bridgehead atoms. The second-order valence-electron chi connectivity index (χ2n) is 9.18. The average Bonchev–Trinajstić information content (AvgIpc) is 2.87. The molecule has 1 saturated heterocycles. The van der Waals surface area contributed by atoms with E-state index in [1.807, 2.05) is 49.4 Å². The maximum absolute atomic E-state index is 13.0. The third kappa shape index (κ3) is 5.92. The minimum absolute atomic E-state index is 0.157. The topological polar surface area (TPSA) is 75.7 Å². The molecule has 0 aliphatic carbocycles. The van der Waals surface area contributed by atoms with Crippen LogP contribution in [-0.4, -0.2) is 40.3 Å². The summed E-state index contributed by atoms with van der Waals surface area (Å²) in [5.41, 5.74) is 4.03. The van der Waals surface area contributed by atoms with Crippen LogP contribution in [0.25, 0.3) is 0 Å². The number of ether oxygens (including phenoxy) is 1. The molecule has 184 valence electrons. The summed E-state index contributed by atoms with van der Waals surface area (Å²) in [5, 5.41) is 3.11. The van der Waals surface area contributed by atoms with Crippen LogP contribution in [0.3, 0.4) is 0 Å². The molecule has 1 fully saturated rings. The highest BCUT2D eigenvalue weighted by Crippen LogP contribution is 2.34. The smallest absolute Gasteiger partial charge is 0.251 e. The van der Waals surface area contributed by atoms with E-state index in [0.717, 1.165) is 24.0 Å². The van der Waals surface area contributed by atoms with Gasteiger partial charge in [-0.2, -0.15) is 0 Å². The summed E-state index contributed by atoms with van der Waals surface area (Å²) in [6.45, 7) is 4.05. The average molecular weight is 493 g/mol. The van der Waals surface area contributed by atoms with E-state index in [1.54, 1.807) is 24.3 Å². The number of nitrogens with zero attached hydrogens (tertiary/aromatic N) is 1. The molecule has 35 heavy (non-hydrogen) atoms. The molecule has 4 rings (SSSR count). The predicted molar refractivity (Wildman–Crippen MR) is 139 cm³/mol. The summed E-state index contributed by atoms with van der Waals surface area (Å²) >= 11 is 0. The lowest BCUT2D eigenvalue weighted by atomic mass is 9.74. The first-order valence-corrected chi connectivity index (χ1v) is 13.7. The first-order chi connectivity index (χ1) is 16.8. The largest absolute Gasteiger partial charge is 0.381 e. The van der Waals surface area contributed by atoms with Crippen molar-refractivity contribution in [2.45, 2.75) is 31.7 Å². The van der Waals surface area contributed by atoms with Gasteiger partial charge in [-0.1, -0.05) is 54.6 Å². The fourth-order valence-corrected chi connectivity index (χ4v) is 5.47. The van der Waals surface area contributed by atoms with Gasteiger partial charge in [-0.25, -0.2) is 8.42 Å². The van der Waals surface area contributed by atoms with E-state index in [1.165, 1.54) is 16.1 Å². The zero-order valence-electron chi connectivity index (χ0n) is 20.2. The second-order valence-corrected chi connectivity index (χ2v) is 11.1. The van der Waals surface area contributed by atoms with Crippen molar-refractivity contribution in [1.29, 1.82) is 0 Å². The summed E-state index contributed by atoms with van der Waals surface area (Å²) in [5.74, 6) is -0.178. The van der Waals surface area contributed by atoms with Crippen molar-refractivity contribution in [1.82, 2.24) is 5.32 Å². The highest BCUT2D eigenvalue weighted by molar-refractivity contribution is 7.92. The van der Waals surface area contributed by atoms with Crippen molar-refractivity contribution >= 4 is 21.6 Å². The molecule has 0 aromatic heterocycles. The Morgan fingerprint density at radius 3 is 2.20 bits per heavy atom. The monoisotopic (exact) mass is 492 g/mol. The van der Waals surface area contributed by atoms with Gasteiger partial charge < -0.3 is 10.1 Å². The molecule has 3 aromatic carbocycles. The van der Waals surface area contributed by atoms with Crippen LogP contribution in [0.1, 0.15) is 39.9 Å². The van der Waals surface area contributed by atoms with Gasteiger partial charge in [-0.15, -0.1) is 0 Å². The summed E-state index contributed by atoms with van der Waals surface area (Å²) < 4.78 is 32.0. The van der Waals surface area contributed by atoms with Gasteiger partial charge in [0.15, 0.2) is 0 Å². The molecule has 1 aliphatic heterocycles. The van der Waals surface area contributed by atoms with E-state index in [-0.39, 0.29) is 17.9 Å². The SMILES string of the molecule is Cc1ccccc1CN(c1ccc(C(=O)NCC2(c3ccccc3)CCOCC2)cc1)S(C)(=O)=O. The number of carbonyl (C=O) groups is 1. The number of sulfonamides is 1. The van der Waals surface area contributed by atoms with Gasteiger partial charge in [0.05, 0.1) is 18.5 Å². The number of benzene rings is 3. The lowest BCUT2D eigenvalue weighted by molar-refractivity contribution is 0.0487. The Balaban J connectivity index is 1.49. The molecular formula is C28H32N2O4S. The zero-order chi connectivity index (χ0) is 24.9. The first kappa shape index (κ1) is 24.9. The van der Waals surface area contributed by atoms with Crippen molar-refractivity contribution < 1.29 is 17.9 Å². The zero-order valence-corrected chi connectivity index (χ0v) is 21.1. The van der Waals surface area contributed by atoms with Crippen LogP contribution in [-0.2, 0) is 26.7 Å². The highest BCUT2D eigenvalue weighted by Gasteiger charge is 2.34. The normalized spacial score (nSPS) is 15.4. The summed E-state index contributed by atoms with van der Waals surface area (Å²) in [4.78, 5) is 13.0. The van der Waals surface area contributed by atoms with Gasteiger partial charge in [-0.05, 0) is 60.7 Å². The Labute approximate surface area is 208 Å². The second kappa shape index (κ2) is 10.6. The number of aryl methyl sites for hydroxylation is 1. The summed E-state index contributed by atoms with van der Waals surface area (Å²) in [6, 6.07) is 24.7. The van der Waals surface area contributed by atoms with Crippen LogP contribution in [0.5, 0.6) is 0 Å². The Bertz CT molecular complexity index is 1250.